The Morgan fingerprint density at radius 1 is 1.47 bits per heavy atom. The SMILES string of the molecule is CC1OCCC1n1c(CCCl)nc2ccc(Cl)cc21. The molecule has 19 heavy (non-hydrogen) atoms. The molecule has 0 saturated carbocycles. The van der Waals surface area contributed by atoms with Gasteiger partial charge in [0.05, 0.1) is 23.2 Å². The van der Waals surface area contributed by atoms with E-state index in [1.54, 1.807) is 0 Å². The molecule has 0 spiro atoms. The summed E-state index contributed by atoms with van der Waals surface area (Å²) in [4.78, 5) is 4.69. The Labute approximate surface area is 122 Å². The van der Waals surface area contributed by atoms with Crippen molar-refractivity contribution in [2.24, 2.45) is 0 Å². The summed E-state index contributed by atoms with van der Waals surface area (Å²) < 4.78 is 7.95. The first-order valence-electron chi connectivity index (χ1n) is 6.54. The van der Waals surface area contributed by atoms with Crippen LogP contribution in [-0.2, 0) is 11.2 Å². The molecule has 102 valence electrons. The van der Waals surface area contributed by atoms with Crippen LogP contribution in [0.15, 0.2) is 18.2 Å². The van der Waals surface area contributed by atoms with Crippen molar-refractivity contribution in [3.8, 4) is 0 Å². The quantitative estimate of drug-likeness (QED) is 0.806. The van der Waals surface area contributed by atoms with Crippen LogP contribution < -0.4 is 0 Å². The summed E-state index contributed by atoms with van der Waals surface area (Å²) in [6.07, 6.45) is 1.97. The van der Waals surface area contributed by atoms with Crippen molar-refractivity contribution >= 4 is 34.2 Å². The van der Waals surface area contributed by atoms with Crippen LogP contribution in [0.3, 0.4) is 0 Å². The Balaban J connectivity index is 2.17. The summed E-state index contributed by atoms with van der Waals surface area (Å²) in [6, 6.07) is 6.14. The molecule has 1 aromatic carbocycles. The fraction of sp³-hybridized carbons (Fsp3) is 0.500. The van der Waals surface area contributed by atoms with Gasteiger partial charge in [-0.25, -0.2) is 4.98 Å². The van der Waals surface area contributed by atoms with Crippen LogP contribution in [0.4, 0.5) is 0 Å². The lowest BCUT2D eigenvalue weighted by molar-refractivity contribution is 0.108. The van der Waals surface area contributed by atoms with Crippen LogP contribution >= 0.6 is 23.2 Å². The number of nitrogens with zero attached hydrogens (tertiary/aromatic N) is 2. The van der Waals surface area contributed by atoms with E-state index in [9.17, 15) is 0 Å². The largest absolute Gasteiger partial charge is 0.376 e. The van der Waals surface area contributed by atoms with Crippen LogP contribution in [0, 0.1) is 0 Å². The molecule has 2 unspecified atom stereocenters. The van der Waals surface area contributed by atoms with E-state index in [-0.39, 0.29) is 6.10 Å². The minimum Gasteiger partial charge on any atom is -0.376 e. The molecule has 1 fully saturated rings. The number of rotatable bonds is 3. The molecule has 1 aliphatic heterocycles. The van der Waals surface area contributed by atoms with Gasteiger partial charge in [-0.1, -0.05) is 11.6 Å². The molecule has 1 saturated heterocycles. The number of hydrogen-bond donors (Lipinski definition) is 0. The lowest BCUT2D eigenvalue weighted by Crippen LogP contribution is -2.19. The molecule has 0 amide bonds. The third kappa shape index (κ3) is 2.35. The summed E-state index contributed by atoms with van der Waals surface area (Å²) in [5.41, 5.74) is 2.05. The van der Waals surface area contributed by atoms with Gasteiger partial charge in [0.2, 0.25) is 0 Å². The van der Waals surface area contributed by atoms with Crippen LogP contribution in [0.25, 0.3) is 11.0 Å². The molecule has 2 aromatic rings. The van der Waals surface area contributed by atoms with E-state index in [4.69, 9.17) is 27.9 Å². The van der Waals surface area contributed by atoms with Crippen LogP contribution in [0.1, 0.15) is 25.2 Å². The molecule has 3 nitrogen and oxygen atoms in total. The van der Waals surface area contributed by atoms with Gasteiger partial charge < -0.3 is 9.30 Å². The Kier molecular flexibility index (Phi) is 3.70. The number of halogens is 2. The summed E-state index contributed by atoms with van der Waals surface area (Å²) in [5, 5.41) is 0.734. The van der Waals surface area contributed by atoms with Gasteiger partial charge in [0.1, 0.15) is 5.82 Å². The first-order chi connectivity index (χ1) is 9.20. The number of aromatic nitrogens is 2. The third-order valence-corrected chi connectivity index (χ3v) is 4.13. The predicted molar refractivity (Wildman–Crippen MR) is 78.2 cm³/mol. The van der Waals surface area contributed by atoms with Crippen molar-refractivity contribution in [2.45, 2.75) is 31.9 Å². The molecule has 2 heterocycles. The highest BCUT2D eigenvalue weighted by molar-refractivity contribution is 6.31. The number of aryl methyl sites for hydroxylation is 1. The van der Waals surface area contributed by atoms with Crippen LogP contribution in [0.5, 0.6) is 0 Å². The molecule has 1 aliphatic rings. The number of hydrogen-bond acceptors (Lipinski definition) is 2. The van der Waals surface area contributed by atoms with E-state index in [0.29, 0.717) is 11.9 Å². The molecule has 3 rings (SSSR count). The van der Waals surface area contributed by atoms with Gasteiger partial charge >= 0.3 is 0 Å². The Morgan fingerprint density at radius 3 is 3.00 bits per heavy atom. The Morgan fingerprint density at radius 2 is 2.32 bits per heavy atom. The second kappa shape index (κ2) is 5.31. The number of benzene rings is 1. The van der Waals surface area contributed by atoms with Gasteiger partial charge in [-0.15, -0.1) is 11.6 Å². The van der Waals surface area contributed by atoms with E-state index >= 15 is 0 Å². The maximum Gasteiger partial charge on any atom is 0.111 e. The minimum absolute atomic E-state index is 0.199. The number of ether oxygens (including phenoxy) is 1. The van der Waals surface area contributed by atoms with Crippen molar-refractivity contribution in [2.75, 3.05) is 12.5 Å². The fourth-order valence-corrected chi connectivity index (χ4v) is 3.14. The molecule has 0 bridgehead atoms. The van der Waals surface area contributed by atoms with E-state index in [2.05, 4.69) is 16.5 Å². The summed E-state index contributed by atoms with van der Waals surface area (Å²) >= 11 is 12.0. The molecular weight excluding hydrogens is 283 g/mol. The average Bonchev–Trinajstić information content (AvgIpc) is 2.93. The lowest BCUT2D eigenvalue weighted by atomic mass is 10.1. The second-order valence-electron chi connectivity index (χ2n) is 4.90. The van der Waals surface area contributed by atoms with Crippen molar-refractivity contribution in [3.05, 3.63) is 29.0 Å². The fourth-order valence-electron chi connectivity index (χ4n) is 2.81. The predicted octanol–water partition coefficient (Wildman–Crippen LogP) is 3.82. The van der Waals surface area contributed by atoms with E-state index in [1.165, 1.54) is 0 Å². The minimum atomic E-state index is 0.199. The number of alkyl halides is 1. The standard InChI is InChI=1S/C14H16Cl2N2O/c1-9-12(5-7-19-9)18-13-8-10(16)2-3-11(13)17-14(18)4-6-15/h2-3,8-9,12H,4-7H2,1H3. The normalized spacial score (nSPS) is 23.3. The highest BCUT2D eigenvalue weighted by Gasteiger charge is 2.29. The topological polar surface area (TPSA) is 27.1 Å². The van der Waals surface area contributed by atoms with Gasteiger partial charge in [0.25, 0.3) is 0 Å². The van der Waals surface area contributed by atoms with Gasteiger partial charge in [-0.2, -0.15) is 0 Å². The third-order valence-electron chi connectivity index (χ3n) is 3.71. The number of fused-ring (bicyclic) bond motifs is 1. The zero-order valence-electron chi connectivity index (χ0n) is 10.8. The van der Waals surface area contributed by atoms with Crippen LogP contribution in [0.2, 0.25) is 5.02 Å². The maximum atomic E-state index is 6.12. The highest BCUT2D eigenvalue weighted by atomic mass is 35.5. The first-order valence-corrected chi connectivity index (χ1v) is 7.46. The number of imidazole rings is 1. The van der Waals surface area contributed by atoms with Crippen molar-refractivity contribution in [1.82, 2.24) is 9.55 Å². The Bertz CT molecular complexity index is 596. The zero-order chi connectivity index (χ0) is 13.4. The maximum absolute atomic E-state index is 6.12. The molecule has 0 aliphatic carbocycles. The second-order valence-corrected chi connectivity index (χ2v) is 5.72. The molecule has 1 aromatic heterocycles. The summed E-state index contributed by atoms with van der Waals surface area (Å²) in [6.45, 7) is 2.91. The van der Waals surface area contributed by atoms with Gasteiger partial charge in [-0.3, -0.25) is 0 Å². The van der Waals surface area contributed by atoms with Crippen molar-refractivity contribution < 1.29 is 4.74 Å². The summed E-state index contributed by atoms with van der Waals surface area (Å²) in [5.74, 6) is 1.59. The van der Waals surface area contributed by atoms with Crippen molar-refractivity contribution in [1.29, 1.82) is 0 Å². The smallest absolute Gasteiger partial charge is 0.111 e. The van der Waals surface area contributed by atoms with Crippen molar-refractivity contribution in [3.63, 3.8) is 0 Å². The first kappa shape index (κ1) is 13.2. The van der Waals surface area contributed by atoms with Gasteiger partial charge in [0, 0.05) is 23.9 Å². The van der Waals surface area contributed by atoms with E-state index < -0.39 is 0 Å². The zero-order valence-corrected chi connectivity index (χ0v) is 12.3. The highest BCUT2D eigenvalue weighted by Crippen LogP contribution is 2.32. The molecule has 2 atom stereocenters. The molecule has 0 N–H and O–H groups in total. The van der Waals surface area contributed by atoms with E-state index in [0.717, 1.165) is 41.3 Å². The average molecular weight is 299 g/mol. The summed E-state index contributed by atoms with van der Waals surface area (Å²) in [7, 11) is 0. The van der Waals surface area contributed by atoms with Crippen LogP contribution in [-0.4, -0.2) is 28.1 Å². The van der Waals surface area contributed by atoms with Gasteiger partial charge in [-0.05, 0) is 31.5 Å². The molecular formula is C14H16Cl2N2O. The molecule has 0 radical (unpaired) electrons. The van der Waals surface area contributed by atoms with Gasteiger partial charge in [0.15, 0.2) is 0 Å². The molecule has 5 heteroatoms. The monoisotopic (exact) mass is 298 g/mol. The Hall–Kier alpha value is -0.770. The lowest BCUT2D eigenvalue weighted by Gasteiger charge is -2.19. The van der Waals surface area contributed by atoms with E-state index in [1.807, 2.05) is 18.2 Å².